The SMILES string of the molecule is Cc1ccc(C)c(NC(=O)C(C)OC(=O)CCN2C(=O)COc3ccccc32)c1. The van der Waals surface area contributed by atoms with Crippen molar-refractivity contribution in [2.75, 3.05) is 23.4 Å². The lowest BCUT2D eigenvalue weighted by Gasteiger charge is -2.29. The Morgan fingerprint density at radius 1 is 1.21 bits per heavy atom. The summed E-state index contributed by atoms with van der Waals surface area (Å²) in [7, 11) is 0. The topological polar surface area (TPSA) is 84.9 Å². The van der Waals surface area contributed by atoms with Crippen LogP contribution in [0.5, 0.6) is 5.75 Å². The van der Waals surface area contributed by atoms with E-state index in [1.165, 1.54) is 11.8 Å². The zero-order valence-corrected chi connectivity index (χ0v) is 16.7. The summed E-state index contributed by atoms with van der Waals surface area (Å²) < 4.78 is 10.6. The van der Waals surface area contributed by atoms with Gasteiger partial charge in [0, 0.05) is 12.2 Å². The molecule has 3 rings (SSSR count). The number of esters is 1. The highest BCUT2D eigenvalue weighted by molar-refractivity contribution is 5.98. The highest BCUT2D eigenvalue weighted by atomic mass is 16.5. The average Bonchev–Trinajstić information content (AvgIpc) is 2.69. The van der Waals surface area contributed by atoms with Crippen LogP contribution in [0, 0.1) is 13.8 Å². The number of carbonyl (C=O) groups is 3. The molecule has 1 atom stereocenters. The Hall–Kier alpha value is -3.35. The molecule has 1 N–H and O–H groups in total. The molecule has 0 aliphatic carbocycles. The molecule has 2 aromatic rings. The van der Waals surface area contributed by atoms with Crippen LogP contribution in [0.2, 0.25) is 0 Å². The quantitative estimate of drug-likeness (QED) is 0.759. The second-order valence-corrected chi connectivity index (χ2v) is 6.99. The molecular weight excluding hydrogens is 372 g/mol. The van der Waals surface area contributed by atoms with E-state index in [9.17, 15) is 14.4 Å². The summed E-state index contributed by atoms with van der Waals surface area (Å²) in [6.07, 6.45) is -0.976. The summed E-state index contributed by atoms with van der Waals surface area (Å²) in [5.41, 5.74) is 3.25. The Balaban J connectivity index is 1.54. The first-order chi connectivity index (χ1) is 13.8. The zero-order chi connectivity index (χ0) is 21.0. The summed E-state index contributed by atoms with van der Waals surface area (Å²) in [6.45, 7) is 5.43. The second-order valence-electron chi connectivity index (χ2n) is 6.99. The van der Waals surface area contributed by atoms with Crippen LogP contribution in [-0.4, -0.2) is 37.0 Å². The van der Waals surface area contributed by atoms with E-state index in [-0.39, 0.29) is 25.5 Å². The molecule has 7 nitrogen and oxygen atoms in total. The lowest BCUT2D eigenvalue weighted by molar-refractivity contribution is -0.153. The van der Waals surface area contributed by atoms with Gasteiger partial charge in [-0.15, -0.1) is 0 Å². The third kappa shape index (κ3) is 4.93. The molecule has 0 saturated heterocycles. The van der Waals surface area contributed by atoms with Gasteiger partial charge in [-0.3, -0.25) is 14.4 Å². The predicted molar refractivity (Wildman–Crippen MR) is 109 cm³/mol. The molecule has 7 heteroatoms. The lowest BCUT2D eigenvalue weighted by Crippen LogP contribution is -2.40. The molecule has 0 radical (unpaired) electrons. The third-order valence-electron chi connectivity index (χ3n) is 4.68. The lowest BCUT2D eigenvalue weighted by atomic mass is 10.1. The molecule has 0 fully saturated rings. The van der Waals surface area contributed by atoms with E-state index in [1.54, 1.807) is 18.2 Å². The van der Waals surface area contributed by atoms with Crippen LogP contribution in [0.3, 0.4) is 0 Å². The summed E-state index contributed by atoms with van der Waals surface area (Å²) in [5.74, 6) is -0.579. The number of fused-ring (bicyclic) bond motifs is 1. The molecular formula is C22H24N2O5. The molecule has 0 spiro atoms. The Labute approximate surface area is 169 Å². The fourth-order valence-corrected chi connectivity index (χ4v) is 3.02. The van der Waals surface area contributed by atoms with E-state index in [0.29, 0.717) is 17.1 Å². The zero-order valence-electron chi connectivity index (χ0n) is 16.7. The Bertz CT molecular complexity index is 941. The van der Waals surface area contributed by atoms with Crippen LogP contribution in [0.1, 0.15) is 24.5 Å². The molecule has 2 aromatic carbocycles. The molecule has 0 bridgehead atoms. The van der Waals surface area contributed by atoms with Crippen molar-refractivity contribution in [3.63, 3.8) is 0 Å². The molecule has 1 heterocycles. The van der Waals surface area contributed by atoms with Crippen molar-refractivity contribution in [3.8, 4) is 5.75 Å². The van der Waals surface area contributed by atoms with Gasteiger partial charge in [-0.05, 0) is 50.1 Å². The number of para-hydroxylation sites is 2. The van der Waals surface area contributed by atoms with Crippen molar-refractivity contribution >= 4 is 29.2 Å². The van der Waals surface area contributed by atoms with Gasteiger partial charge >= 0.3 is 5.97 Å². The smallest absolute Gasteiger partial charge is 0.308 e. The van der Waals surface area contributed by atoms with Crippen molar-refractivity contribution in [2.24, 2.45) is 0 Å². The number of ether oxygens (including phenoxy) is 2. The van der Waals surface area contributed by atoms with Crippen LogP contribution in [-0.2, 0) is 19.1 Å². The number of nitrogens with one attached hydrogen (secondary N) is 1. The van der Waals surface area contributed by atoms with Crippen molar-refractivity contribution in [1.82, 2.24) is 0 Å². The molecule has 1 aliphatic rings. The maximum atomic E-state index is 12.4. The van der Waals surface area contributed by atoms with Gasteiger partial charge in [0.1, 0.15) is 5.75 Å². The summed E-state index contributed by atoms with van der Waals surface area (Å²) in [5, 5.41) is 2.78. The van der Waals surface area contributed by atoms with Gasteiger partial charge in [0.2, 0.25) is 0 Å². The number of nitrogens with zero attached hydrogens (tertiary/aromatic N) is 1. The van der Waals surface area contributed by atoms with E-state index in [0.717, 1.165) is 11.1 Å². The Morgan fingerprint density at radius 2 is 1.97 bits per heavy atom. The Kier molecular flexibility index (Phi) is 6.16. The molecule has 1 unspecified atom stereocenters. The van der Waals surface area contributed by atoms with Crippen molar-refractivity contribution in [3.05, 3.63) is 53.6 Å². The van der Waals surface area contributed by atoms with Crippen LogP contribution in [0.4, 0.5) is 11.4 Å². The van der Waals surface area contributed by atoms with Gasteiger partial charge in [0.05, 0.1) is 12.1 Å². The normalized spacial score (nSPS) is 13.9. The molecule has 0 saturated carbocycles. The van der Waals surface area contributed by atoms with Crippen LogP contribution in [0.25, 0.3) is 0 Å². The minimum Gasteiger partial charge on any atom is -0.482 e. The summed E-state index contributed by atoms with van der Waals surface area (Å²) in [6, 6.07) is 12.9. The minimum atomic E-state index is -0.949. The van der Waals surface area contributed by atoms with Crippen molar-refractivity contribution < 1.29 is 23.9 Å². The first kappa shape index (κ1) is 20.4. The molecule has 2 amide bonds. The molecule has 29 heavy (non-hydrogen) atoms. The van der Waals surface area contributed by atoms with Gasteiger partial charge < -0.3 is 19.7 Å². The largest absolute Gasteiger partial charge is 0.482 e. The third-order valence-corrected chi connectivity index (χ3v) is 4.68. The van der Waals surface area contributed by atoms with Crippen molar-refractivity contribution in [2.45, 2.75) is 33.3 Å². The van der Waals surface area contributed by atoms with E-state index in [2.05, 4.69) is 5.32 Å². The number of hydrogen-bond donors (Lipinski definition) is 1. The van der Waals surface area contributed by atoms with Gasteiger partial charge in [-0.1, -0.05) is 24.3 Å². The van der Waals surface area contributed by atoms with Crippen LogP contribution in [0.15, 0.2) is 42.5 Å². The minimum absolute atomic E-state index is 0.0266. The Morgan fingerprint density at radius 3 is 2.76 bits per heavy atom. The van der Waals surface area contributed by atoms with Crippen molar-refractivity contribution in [1.29, 1.82) is 0 Å². The molecule has 152 valence electrons. The number of benzene rings is 2. The predicted octanol–water partition coefficient (Wildman–Crippen LogP) is 2.99. The average molecular weight is 396 g/mol. The summed E-state index contributed by atoms with van der Waals surface area (Å²) in [4.78, 5) is 38.2. The number of aryl methyl sites for hydroxylation is 2. The maximum Gasteiger partial charge on any atom is 0.308 e. The number of hydrogen-bond acceptors (Lipinski definition) is 5. The number of carbonyl (C=O) groups excluding carboxylic acids is 3. The van der Waals surface area contributed by atoms with Gasteiger partial charge in [-0.2, -0.15) is 0 Å². The standard InChI is InChI=1S/C22H24N2O5/c1-14-8-9-15(2)17(12-14)23-22(27)16(3)29-21(26)10-11-24-18-6-4-5-7-19(18)28-13-20(24)25/h4-9,12,16H,10-11,13H2,1-3H3,(H,23,27). The van der Waals surface area contributed by atoms with Gasteiger partial charge in [-0.25, -0.2) is 0 Å². The fraction of sp³-hybridized carbons (Fsp3) is 0.318. The number of rotatable bonds is 6. The van der Waals surface area contributed by atoms with E-state index in [4.69, 9.17) is 9.47 Å². The second kappa shape index (κ2) is 8.77. The summed E-state index contributed by atoms with van der Waals surface area (Å²) >= 11 is 0. The number of amides is 2. The number of anilines is 2. The van der Waals surface area contributed by atoms with Gasteiger partial charge in [0.25, 0.3) is 11.8 Å². The first-order valence-corrected chi connectivity index (χ1v) is 9.45. The first-order valence-electron chi connectivity index (χ1n) is 9.45. The van der Waals surface area contributed by atoms with Crippen LogP contribution >= 0.6 is 0 Å². The van der Waals surface area contributed by atoms with Gasteiger partial charge in [0.15, 0.2) is 12.7 Å². The maximum absolute atomic E-state index is 12.4. The van der Waals surface area contributed by atoms with E-state index in [1.807, 2.05) is 38.1 Å². The monoisotopic (exact) mass is 396 g/mol. The van der Waals surface area contributed by atoms with E-state index < -0.39 is 18.0 Å². The molecule has 0 aromatic heterocycles. The highest BCUT2D eigenvalue weighted by Crippen LogP contribution is 2.31. The molecule has 1 aliphatic heterocycles. The van der Waals surface area contributed by atoms with E-state index >= 15 is 0 Å². The highest BCUT2D eigenvalue weighted by Gasteiger charge is 2.26. The fourth-order valence-electron chi connectivity index (χ4n) is 3.02. The van der Waals surface area contributed by atoms with Crippen LogP contribution < -0.4 is 15.0 Å².